The fourth-order valence-electron chi connectivity index (χ4n) is 10.6. The maximum absolute atomic E-state index is 6.58. The van der Waals surface area contributed by atoms with Crippen molar-refractivity contribution in [3.8, 4) is 46.0 Å². The van der Waals surface area contributed by atoms with Gasteiger partial charge in [-0.25, -0.2) is 25.0 Å². The summed E-state index contributed by atoms with van der Waals surface area (Å²) in [6, 6.07) is 56.6. The molecule has 3 aliphatic rings. The number of aliphatic imine (C=N–C) groups is 3. The number of quaternary nitrogens is 4. The predicted octanol–water partition coefficient (Wildman–Crippen LogP) is 13.3. The van der Waals surface area contributed by atoms with Crippen molar-refractivity contribution in [1.82, 2.24) is 27.9 Å². The zero-order valence-electron chi connectivity index (χ0n) is 49.4. The Balaban J connectivity index is 0.984. The molecule has 0 aliphatic carbocycles. The number of amidine groups is 3. The van der Waals surface area contributed by atoms with Crippen LogP contribution in [0.25, 0.3) is 21.5 Å². The van der Waals surface area contributed by atoms with Gasteiger partial charge < -0.3 is 34.2 Å². The van der Waals surface area contributed by atoms with Gasteiger partial charge in [0, 0.05) is 92.3 Å². The van der Waals surface area contributed by atoms with Crippen LogP contribution in [0, 0.1) is 0 Å². The number of aromatic amines is 2. The van der Waals surface area contributed by atoms with E-state index in [0.717, 1.165) is 72.3 Å². The Morgan fingerprint density at radius 3 is 1.21 bits per heavy atom. The summed E-state index contributed by atoms with van der Waals surface area (Å²) in [6.45, 7) is 0. The summed E-state index contributed by atoms with van der Waals surface area (Å²) in [4.78, 5) is 34.1. The molecule has 16 nitrogen and oxygen atoms in total. The second-order valence-corrected chi connectivity index (χ2v) is 25.1. The van der Waals surface area contributed by atoms with Crippen molar-refractivity contribution >= 4 is 73.4 Å². The molecule has 5 heterocycles. The first kappa shape index (κ1) is 53.6. The minimum Gasteiger partial charge on any atom is -0.457 e. The van der Waals surface area contributed by atoms with Gasteiger partial charge >= 0.3 is 0 Å². The highest BCUT2D eigenvalue weighted by atomic mass is 16.5. The molecule has 3 N–H and O–H groups in total. The van der Waals surface area contributed by atoms with Crippen molar-refractivity contribution in [2.45, 2.75) is 6.17 Å². The molecule has 0 fully saturated rings. The van der Waals surface area contributed by atoms with E-state index in [1.54, 1.807) is 0 Å². The summed E-state index contributed by atoms with van der Waals surface area (Å²) < 4.78 is 29.0. The quantitative estimate of drug-likeness (QED) is 0.104. The molecule has 1 unspecified atom stereocenters. The van der Waals surface area contributed by atoms with Crippen LogP contribution in [-0.4, -0.2) is 112 Å². The maximum Gasteiger partial charge on any atom is 0.164 e. The van der Waals surface area contributed by atoms with Crippen LogP contribution < -0.4 is 53.2 Å². The van der Waals surface area contributed by atoms with Gasteiger partial charge in [0.25, 0.3) is 0 Å². The van der Waals surface area contributed by atoms with E-state index in [4.69, 9.17) is 43.9 Å². The van der Waals surface area contributed by atoms with Crippen LogP contribution in [0.5, 0.6) is 46.0 Å². The molecule has 10 aromatic rings. The van der Waals surface area contributed by atoms with E-state index in [-0.39, 0.29) is 0 Å². The number of rotatable bonds is 12. The van der Waals surface area contributed by atoms with Gasteiger partial charge in [0.2, 0.25) is 0 Å². The summed E-state index contributed by atoms with van der Waals surface area (Å²) >= 11 is 0. The molecular formula is C68H68N12O4+4. The lowest BCUT2D eigenvalue weighted by atomic mass is 10.1. The van der Waals surface area contributed by atoms with E-state index in [1.165, 1.54) is 0 Å². The summed E-state index contributed by atoms with van der Waals surface area (Å²) in [7, 11) is 25.7. The standard InChI is InChI=1S/C68H68N12O4/c1-77(2,3)41-13-21-45(22-14-41)81-49-29-33-53-57(37-49)65-70-61(53)69-62-54-34-30-51(83-47-25-17-43(18-26-47)79(7,8)9)39-59(54)67(71-62)76-68-60-40-52(84-48-27-19-44(20-28-48)80(10,11)12)32-36-56(60)64(75-68)74-66-58-38-50(31-35-55(58)63(72-65)73-66)82-46-23-15-42(16-24-46)78(4,5)6/h13-40,63,70,72H,1-12H3,(H,69,71,73,74,75,76)/q+4. The van der Waals surface area contributed by atoms with Crippen molar-refractivity contribution in [3.63, 3.8) is 0 Å². The fourth-order valence-corrected chi connectivity index (χ4v) is 10.6. The normalized spacial score (nSPS) is 15.4. The Hall–Kier alpha value is -9.71. The zero-order chi connectivity index (χ0) is 58.5. The molecule has 8 bridgehead atoms. The molecule has 8 aromatic carbocycles. The molecule has 13 rings (SSSR count). The van der Waals surface area contributed by atoms with Crippen molar-refractivity contribution in [2.75, 3.05) is 89.9 Å². The Bertz CT molecular complexity index is 4470. The van der Waals surface area contributed by atoms with Crippen molar-refractivity contribution < 1.29 is 18.9 Å². The minimum atomic E-state index is -0.590. The van der Waals surface area contributed by atoms with Crippen molar-refractivity contribution in [3.05, 3.63) is 203 Å². The molecule has 0 saturated carbocycles. The van der Waals surface area contributed by atoms with Crippen LogP contribution in [0.2, 0.25) is 0 Å². The third kappa shape index (κ3) is 10.6. The molecule has 420 valence electrons. The van der Waals surface area contributed by atoms with Gasteiger partial charge in [-0.05, 0) is 115 Å². The van der Waals surface area contributed by atoms with E-state index >= 15 is 0 Å². The molecule has 0 spiro atoms. The molecule has 0 radical (unpaired) electrons. The molecule has 2 aromatic heterocycles. The average Bonchev–Trinajstić information content (AvgIpc) is 2.07. The van der Waals surface area contributed by atoms with Gasteiger partial charge in [-0.3, -0.25) is 17.9 Å². The topological polar surface area (TPSA) is 142 Å². The number of aromatic nitrogens is 2. The number of anilines is 1. The number of fused-ring (bicyclic) bond motifs is 18. The predicted molar refractivity (Wildman–Crippen MR) is 342 cm³/mol. The van der Waals surface area contributed by atoms with E-state index in [0.29, 0.717) is 98.3 Å². The smallest absolute Gasteiger partial charge is 0.164 e. The van der Waals surface area contributed by atoms with E-state index < -0.39 is 6.17 Å². The van der Waals surface area contributed by atoms with Crippen LogP contribution in [0.3, 0.4) is 0 Å². The molecule has 3 aliphatic heterocycles. The van der Waals surface area contributed by atoms with Gasteiger partial charge in [0.1, 0.15) is 97.5 Å². The number of H-pyrrole nitrogens is 2. The zero-order valence-corrected chi connectivity index (χ0v) is 49.4. The lowest BCUT2D eigenvalue weighted by Crippen LogP contribution is -2.34. The van der Waals surface area contributed by atoms with Gasteiger partial charge in [0.15, 0.2) is 17.5 Å². The van der Waals surface area contributed by atoms with Crippen LogP contribution in [0.15, 0.2) is 195 Å². The van der Waals surface area contributed by atoms with Crippen molar-refractivity contribution in [2.24, 2.45) is 25.0 Å². The number of hydrogen-bond donors (Lipinski definition) is 3. The second-order valence-electron chi connectivity index (χ2n) is 25.1. The van der Waals surface area contributed by atoms with Crippen LogP contribution in [0.1, 0.15) is 28.4 Å². The maximum atomic E-state index is 6.58. The summed E-state index contributed by atoms with van der Waals surface area (Å²) in [5.74, 6) is 8.03. The number of ether oxygens (including phenoxy) is 4. The Morgan fingerprint density at radius 1 is 0.321 bits per heavy atom. The summed E-state index contributed by atoms with van der Waals surface area (Å²) in [6.07, 6.45) is -0.590. The first-order valence-electron chi connectivity index (χ1n) is 28.0. The first-order valence-corrected chi connectivity index (χ1v) is 28.0. The van der Waals surface area contributed by atoms with E-state index in [1.807, 2.05) is 115 Å². The van der Waals surface area contributed by atoms with Gasteiger partial charge in [-0.1, -0.05) is 6.07 Å². The fraction of sp³-hybridized carbons (Fsp3) is 0.191. The van der Waals surface area contributed by atoms with E-state index in [2.05, 4.69) is 154 Å². The summed E-state index contributed by atoms with van der Waals surface area (Å²) in [5, 5.41) is 7.04. The van der Waals surface area contributed by atoms with Gasteiger partial charge in [-0.15, -0.1) is 0 Å². The number of benzene rings is 8. The second kappa shape index (κ2) is 20.0. The molecular weight excluding hydrogens is 1050 g/mol. The third-order valence-electron chi connectivity index (χ3n) is 15.3. The number of hydrogen-bond acceptors (Lipinski definition) is 10. The Labute approximate surface area is 488 Å². The van der Waals surface area contributed by atoms with Gasteiger partial charge in [0.05, 0.1) is 84.6 Å². The Kier molecular flexibility index (Phi) is 12.8. The monoisotopic (exact) mass is 1120 g/mol. The largest absolute Gasteiger partial charge is 0.457 e. The summed E-state index contributed by atoms with van der Waals surface area (Å²) in [5.41, 5.74) is 8.91. The van der Waals surface area contributed by atoms with Crippen molar-refractivity contribution in [1.29, 1.82) is 0 Å². The average molecular weight is 1120 g/mol. The molecule has 1 atom stereocenters. The highest BCUT2D eigenvalue weighted by Crippen LogP contribution is 2.42. The molecule has 84 heavy (non-hydrogen) atoms. The van der Waals surface area contributed by atoms with E-state index in [9.17, 15) is 0 Å². The Morgan fingerprint density at radius 2 is 0.714 bits per heavy atom. The third-order valence-corrected chi connectivity index (χ3v) is 15.3. The molecule has 0 saturated heterocycles. The number of nitrogens with one attached hydrogen (secondary N) is 3. The lowest BCUT2D eigenvalue weighted by molar-refractivity contribution is 0.473. The first-order chi connectivity index (χ1) is 40.0. The van der Waals surface area contributed by atoms with Crippen LogP contribution >= 0.6 is 0 Å². The molecule has 0 amide bonds. The van der Waals surface area contributed by atoms with Crippen LogP contribution in [0.4, 0.5) is 34.4 Å². The SMILES string of the molecule is C[N+](C)(C)c1ccc(Oc2ccc3c(c2)C2=N/C3=N\c3[nH]c(c4cc(Oc5ccc([N+](C)(C)C)cc5)ccc34)NC3N=C(N=c4[nH]c(c5cc(Oc6ccc([N+](C)(C)C)cc6)ccc45)=N2)c2cc(Oc4ccc([N+](C)(C)C)cc4)ccc23)cc1. The number of nitrogens with zero attached hydrogens (tertiary/aromatic N) is 9. The lowest BCUT2D eigenvalue weighted by Gasteiger charge is -2.23. The minimum absolute atomic E-state index is 0.430. The van der Waals surface area contributed by atoms with Crippen LogP contribution in [-0.2, 0) is 0 Å². The van der Waals surface area contributed by atoms with Gasteiger partial charge in [-0.2, -0.15) is 0 Å². The molecule has 16 heteroatoms. The highest BCUT2D eigenvalue weighted by molar-refractivity contribution is 6.24. The highest BCUT2D eigenvalue weighted by Gasteiger charge is 2.30.